The lowest BCUT2D eigenvalue weighted by Crippen LogP contribution is -2.11. The molecule has 4 nitrogen and oxygen atoms in total. The first-order valence-corrected chi connectivity index (χ1v) is 6.55. The second-order valence-corrected chi connectivity index (χ2v) is 4.73. The van der Waals surface area contributed by atoms with E-state index in [2.05, 4.69) is 9.97 Å². The molecular formula is C15H16N2O2. The Hall–Kier alpha value is -1.94. The Labute approximate surface area is 112 Å². The van der Waals surface area contributed by atoms with Gasteiger partial charge in [0, 0.05) is 18.6 Å². The molecule has 4 heteroatoms. The van der Waals surface area contributed by atoms with Crippen molar-refractivity contribution in [3.8, 4) is 17.1 Å². The number of aromatic hydroxyl groups is 1. The molecule has 0 bridgehead atoms. The minimum Gasteiger partial charge on any atom is -0.492 e. The predicted octanol–water partition coefficient (Wildman–Crippen LogP) is 2.57. The van der Waals surface area contributed by atoms with Crippen LogP contribution in [0.2, 0.25) is 0 Å². The van der Waals surface area contributed by atoms with Crippen LogP contribution in [0.5, 0.6) is 5.88 Å². The maximum absolute atomic E-state index is 9.81. The maximum Gasteiger partial charge on any atom is 0.233 e. The molecule has 1 unspecified atom stereocenters. The summed E-state index contributed by atoms with van der Waals surface area (Å²) in [7, 11) is 0. The number of rotatable bonds is 3. The molecule has 19 heavy (non-hydrogen) atoms. The van der Waals surface area contributed by atoms with Gasteiger partial charge < -0.3 is 9.84 Å². The molecule has 1 saturated heterocycles. The van der Waals surface area contributed by atoms with Crippen LogP contribution in [0, 0.1) is 0 Å². The topological polar surface area (TPSA) is 55.2 Å². The highest BCUT2D eigenvalue weighted by molar-refractivity contribution is 5.58. The Morgan fingerprint density at radius 3 is 2.84 bits per heavy atom. The molecule has 98 valence electrons. The van der Waals surface area contributed by atoms with Gasteiger partial charge in [-0.3, -0.25) is 0 Å². The van der Waals surface area contributed by atoms with Gasteiger partial charge in [0.15, 0.2) is 0 Å². The SMILES string of the molecule is Oc1ncc(-c2ccccc2)nc1CC1CCCO1. The van der Waals surface area contributed by atoms with Gasteiger partial charge in [-0.15, -0.1) is 0 Å². The highest BCUT2D eigenvalue weighted by atomic mass is 16.5. The third-order valence-electron chi connectivity index (χ3n) is 3.34. The number of ether oxygens (including phenoxy) is 1. The number of hydrogen-bond acceptors (Lipinski definition) is 4. The van der Waals surface area contributed by atoms with E-state index in [4.69, 9.17) is 4.74 Å². The molecule has 2 aromatic rings. The Kier molecular flexibility index (Phi) is 3.42. The van der Waals surface area contributed by atoms with Crippen LogP contribution < -0.4 is 0 Å². The molecule has 0 saturated carbocycles. The van der Waals surface area contributed by atoms with Crippen molar-refractivity contribution in [3.63, 3.8) is 0 Å². The van der Waals surface area contributed by atoms with E-state index in [1.54, 1.807) is 6.20 Å². The Balaban J connectivity index is 1.87. The van der Waals surface area contributed by atoms with Crippen LogP contribution in [0.1, 0.15) is 18.5 Å². The minimum absolute atomic E-state index is 0.00943. The molecule has 1 aromatic carbocycles. The van der Waals surface area contributed by atoms with Crippen molar-refractivity contribution < 1.29 is 9.84 Å². The quantitative estimate of drug-likeness (QED) is 0.917. The van der Waals surface area contributed by atoms with E-state index in [1.807, 2.05) is 30.3 Å². The molecule has 1 N–H and O–H groups in total. The average molecular weight is 256 g/mol. The van der Waals surface area contributed by atoms with Gasteiger partial charge in [0.2, 0.25) is 5.88 Å². The number of hydrogen-bond donors (Lipinski definition) is 1. The van der Waals surface area contributed by atoms with Crippen molar-refractivity contribution in [2.24, 2.45) is 0 Å². The molecule has 0 spiro atoms. The van der Waals surface area contributed by atoms with Gasteiger partial charge >= 0.3 is 0 Å². The molecule has 0 radical (unpaired) electrons. The van der Waals surface area contributed by atoms with Crippen LogP contribution in [0.25, 0.3) is 11.3 Å². The summed E-state index contributed by atoms with van der Waals surface area (Å²) in [5.41, 5.74) is 2.41. The normalized spacial score (nSPS) is 18.6. The summed E-state index contributed by atoms with van der Waals surface area (Å²) in [5, 5.41) is 9.81. The summed E-state index contributed by atoms with van der Waals surface area (Å²) in [6.07, 6.45) is 4.49. The van der Waals surface area contributed by atoms with Gasteiger partial charge in [0.25, 0.3) is 0 Å². The van der Waals surface area contributed by atoms with Gasteiger partial charge in [-0.05, 0) is 12.8 Å². The van der Waals surface area contributed by atoms with Crippen molar-refractivity contribution in [2.45, 2.75) is 25.4 Å². The van der Waals surface area contributed by atoms with Gasteiger partial charge in [0.05, 0.1) is 18.0 Å². The lowest BCUT2D eigenvalue weighted by Gasteiger charge is -2.10. The Morgan fingerprint density at radius 1 is 1.26 bits per heavy atom. The number of aromatic nitrogens is 2. The fourth-order valence-corrected chi connectivity index (χ4v) is 2.33. The monoisotopic (exact) mass is 256 g/mol. The second-order valence-electron chi connectivity index (χ2n) is 4.73. The van der Waals surface area contributed by atoms with E-state index in [9.17, 15) is 5.11 Å². The summed E-state index contributed by atoms with van der Waals surface area (Å²) in [5.74, 6) is 0.00943. The second kappa shape index (κ2) is 5.36. The zero-order valence-electron chi connectivity index (χ0n) is 10.6. The van der Waals surface area contributed by atoms with Crippen molar-refractivity contribution in [2.75, 3.05) is 6.61 Å². The van der Waals surface area contributed by atoms with Crippen molar-refractivity contribution >= 4 is 0 Å². The molecule has 1 aliphatic heterocycles. The average Bonchev–Trinajstić information content (AvgIpc) is 2.95. The van der Waals surface area contributed by atoms with E-state index >= 15 is 0 Å². The van der Waals surface area contributed by atoms with Gasteiger partial charge in [-0.25, -0.2) is 9.97 Å². The van der Waals surface area contributed by atoms with Gasteiger partial charge in [0.1, 0.15) is 5.69 Å². The largest absolute Gasteiger partial charge is 0.492 e. The lowest BCUT2D eigenvalue weighted by molar-refractivity contribution is 0.110. The maximum atomic E-state index is 9.81. The highest BCUT2D eigenvalue weighted by Crippen LogP contribution is 2.23. The van der Waals surface area contributed by atoms with Crippen molar-refractivity contribution in [3.05, 3.63) is 42.2 Å². The third-order valence-corrected chi connectivity index (χ3v) is 3.34. The fraction of sp³-hybridized carbons (Fsp3) is 0.333. The van der Waals surface area contributed by atoms with E-state index in [1.165, 1.54) is 0 Å². The van der Waals surface area contributed by atoms with Crippen LogP contribution in [0.4, 0.5) is 0 Å². The zero-order chi connectivity index (χ0) is 13.1. The summed E-state index contributed by atoms with van der Waals surface area (Å²) < 4.78 is 5.58. The van der Waals surface area contributed by atoms with E-state index in [0.717, 1.165) is 30.7 Å². The Morgan fingerprint density at radius 2 is 2.11 bits per heavy atom. The fourth-order valence-electron chi connectivity index (χ4n) is 2.33. The van der Waals surface area contributed by atoms with Gasteiger partial charge in [-0.2, -0.15) is 0 Å². The Bertz CT molecular complexity index is 551. The standard InChI is InChI=1S/C15H16N2O2/c18-15-13(9-12-7-4-8-19-12)17-14(10-16-15)11-5-2-1-3-6-11/h1-3,5-6,10,12H,4,7-9H2,(H,16,18). The highest BCUT2D eigenvalue weighted by Gasteiger charge is 2.19. The van der Waals surface area contributed by atoms with Crippen molar-refractivity contribution in [1.29, 1.82) is 0 Å². The summed E-state index contributed by atoms with van der Waals surface area (Å²) in [6.45, 7) is 0.803. The summed E-state index contributed by atoms with van der Waals surface area (Å²) >= 11 is 0. The van der Waals surface area contributed by atoms with Crippen LogP contribution in [0.3, 0.4) is 0 Å². The molecule has 0 amide bonds. The molecule has 1 fully saturated rings. The molecule has 1 aliphatic rings. The lowest BCUT2D eigenvalue weighted by atomic mass is 10.1. The van der Waals surface area contributed by atoms with Crippen LogP contribution in [-0.4, -0.2) is 27.8 Å². The van der Waals surface area contributed by atoms with Crippen molar-refractivity contribution in [1.82, 2.24) is 9.97 Å². The summed E-state index contributed by atoms with van der Waals surface area (Å²) in [6, 6.07) is 9.85. The first-order valence-electron chi connectivity index (χ1n) is 6.55. The van der Waals surface area contributed by atoms with Crippen LogP contribution in [-0.2, 0) is 11.2 Å². The smallest absolute Gasteiger partial charge is 0.233 e. The van der Waals surface area contributed by atoms with E-state index in [-0.39, 0.29) is 12.0 Å². The molecule has 3 rings (SSSR count). The first kappa shape index (κ1) is 12.1. The molecular weight excluding hydrogens is 240 g/mol. The minimum atomic E-state index is 0.00943. The molecule has 2 heterocycles. The number of nitrogens with zero attached hydrogens (tertiary/aromatic N) is 2. The van der Waals surface area contributed by atoms with Crippen LogP contribution in [0.15, 0.2) is 36.5 Å². The first-order chi connectivity index (χ1) is 9.33. The summed E-state index contributed by atoms with van der Waals surface area (Å²) in [4.78, 5) is 8.55. The third kappa shape index (κ3) is 2.74. The van der Waals surface area contributed by atoms with E-state index in [0.29, 0.717) is 12.1 Å². The molecule has 1 atom stereocenters. The number of benzene rings is 1. The van der Waals surface area contributed by atoms with Crippen LogP contribution >= 0.6 is 0 Å². The van der Waals surface area contributed by atoms with Gasteiger partial charge in [-0.1, -0.05) is 30.3 Å². The molecule has 1 aromatic heterocycles. The predicted molar refractivity (Wildman–Crippen MR) is 71.8 cm³/mol. The molecule has 0 aliphatic carbocycles. The zero-order valence-corrected chi connectivity index (χ0v) is 10.6. The van der Waals surface area contributed by atoms with E-state index < -0.39 is 0 Å².